The van der Waals surface area contributed by atoms with Gasteiger partial charge in [0.05, 0.1) is 17.0 Å². The molecule has 2 amide bonds. The largest absolute Gasteiger partial charge is 0.491 e. The highest BCUT2D eigenvalue weighted by molar-refractivity contribution is 6.34. The second-order valence-electron chi connectivity index (χ2n) is 7.18. The predicted molar refractivity (Wildman–Crippen MR) is 106 cm³/mol. The SMILES string of the molecule is O=C1CCC(c2cccc(-c3ccc(OCC4CCCO4)cc3)c2Cl)C(=O)N1. The summed E-state index contributed by atoms with van der Waals surface area (Å²) in [7, 11) is 0. The molecule has 2 fully saturated rings. The highest BCUT2D eigenvalue weighted by atomic mass is 35.5. The Morgan fingerprint density at radius 1 is 1.11 bits per heavy atom. The lowest BCUT2D eigenvalue weighted by Gasteiger charge is -2.23. The van der Waals surface area contributed by atoms with Gasteiger partial charge >= 0.3 is 0 Å². The summed E-state index contributed by atoms with van der Waals surface area (Å²) in [5.41, 5.74) is 2.56. The molecule has 2 aliphatic rings. The lowest BCUT2D eigenvalue weighted by molar-refractivity contribution is -0.134. The fraction of sp³-hybridized carbons (Fsp3) is 0.364. The summed E-state index contributed by atoms with van der Waals surface area (Å²) >= 11 is 6.65. The molecular weight excluding hydrogens is 378 g/mol. The number of ether oxygens (including phenoxy) is 2. The van der Waals surface area contributed by atoms with Crippen LogP contribution >= 0.6 is 11.6 Å². The van der Waals surface area contributed by atoms with Gasteiger partial charge < -0.3 is 9.47 Å². The van der Waals surface area contributed by atoms with Gasteiger partial charge in [0.25, 0.3) is 0 Å². The molecule has 5 nitrogen and oxygen atoms in total. The van der Waals surface area contributed by atoms with E-state index in [9.17, 15) is 9.59 Å². The van der Waals surface area contributed by atoms with Crippen LogP contribution < -0.4 is 10.1 Å². The highest BCUT2D eigenvalue weighted by Gasteiger charge is 2.30. The van der Waals surface area contributed by atoms with E-state index >= 15 is 0 Å². The normalized spacial score (nSPS) is 22.2. The van der Waals surface area contributed by atoms with Gasteiger partial charge in [0, 0.05) is 18.6 Å². The molecule has 0 saturated carbocycles. The van der Waals surface area contributed by atoms with Crippen LogP contribution in [0, 0.1) is 0 Å². The van der Waals surface area contributed by atoms with Crippen molar-refractivity contribution in [1.29, 1.82) is 0 Å². The van der Waals surface area contributed by atoms with Crippen LogP contribution in [0.1, 0.15) is 37.2 Å². The maximum Gasteiger partial charge on any atom is 0.234 e. The van der Waals surface area contributed by atoms with Gasteiger partial charge in [-0.15, -0.1) is 0 Å². The Morgan fingerprint density at radius 3 is 2.64 bits per heavy atom. The average Bonchev–Trinajstić information content (AvgIpc) is 3.21. The van der Waals surface area contributed by atoms with Gasteiger partial charge in [0.1, 0.15) is 12.4 Å². The number of carbonyl (C=O) groups is 2. The van der Waals surface area contributed by atoms with Crippen molar-refractivity contribution in [3.8, 4) is 16.9 Å². The zero-order chi connectivity index (χ0) is 19.5. The van der Waals surface area contributed by atoms with Crippen LogP contribution in [0.2, 0.25) is 5.02 Å². The number of hydrogen-bond acceptors (Lipinski definition) is 4. The Labute approximate surface area is 169 Å². The van der Waals surface area contributed by atoms with Crippen molar-refractivity contribution >= 4 is 23.4 Å². The lowest BCUT2D eigenvalue weighted by Crippen LogP contribution is -2.39. The Kier molecular flexibility index (Phi) is 5.64. The van der Waals surface area contributed by atoms with Crippen LogP contribution in [0.4, 0.5) is 0 Å². The summed E-state index contributed by atoms with van der Waals surface area (Å²) in [5, 5.41) is 2.94. The third-order valence-electron chi connectivity index (χ3n) is 5.27. The van der Waals surface area contributed by atoms with E-state index in [1.807, 2.05) is 42.5 Å². The number of nitrogens with one attached hydrogen (secondary N) is 1. The third kappa shape index (κ3) is 4.05. The zero-order valence-corrected chi connectivity index (χ0v) is 16.2. The van der Waals surface area contributed by atoms with E-state index in [1.54, 1.807) is 0 Å². The van der Waals surface area contributed by atoms with Gasteiger partial charge in [-0.05, 0) is 42.5 Å². The van der Waals surface area contributed by atoms with E-state index in [0.29, 0.717) is 24.5 Å². The number of rotatable bonds is 5. The molecule has 146 valence electrons. The monoisotopic (exact) mass is 399 g/mol. The van der Waals surface area contributed by atoms with Gasteiger partial charge in [0.2, 0.25) is 11.8 Å². The smallest absolute Gasteiger partial charge is 0.234 e. The molecule has 2 heterocycles. The maximum absolute atomic E-state index is 12.2. The minimum Gasteiger partial charge on any atom is -0.491 e. The first-order valence-corrected chi connectivity index (χ1v) is 9.96. The quantitative estimate of drug-likeness (QED) is 0.769. The van der Waals surface area contributed by atoms with Crippen LogP contribution in [-0.2, 0) is 14.3 Å². The number of carbonyl (C=O) groups excluding carboxylic acids is 2. The molecule has 6 heteroatoms. The molecule has 2 aromatic rings. The number of piperidine rings is 1. The molecule has 0 bridgehead atoms. The molecule has 2 saturated heterocycles. The van der Waals surface area contributed by atoms with Gasteiger partial charge in [-0.1, -0.05) is 41.9 Å². The number of benzene rings is 2. The summed E-state index contributed by atoms with van der Waals surface area (Å²) in [4.78, 5) is 23.6. The van der Waals surface area contributed by atoms with E-state index in [0.717, 1.165) is 41.9 Å². The van der Waals surface area contributed by atoms with Crippen molar-refractivity contribution in [1.82, 2.24) is 5.32 Å². The number of hydrogen-bond donors (Lipinski definition) is 1. The number of halogens is 1. The second kappa shape index (κ2) is 8.33. The second-order valence-corrected chi connectivity index (χ2v) is 7.56. The van der Waals surface area contributed by atoms with Gasteiger partial charge in [-0.3, -0.25) is 14.9 Å². The molecule has 2 atom stereocenters. The molecule has 2 unspecified atom stereocenters. The fourth-order valence-corrected chi connectivity index (χ4v) is 4.09. The van der Waals surface area contributed by atoms with Crippen LogP contribution in [0.3, 0.4) is 0 Å². The van der Waals surface area contributed by atoms with Crippen LogP contribution in [0.15, 0.2) is 42.5 Å². The first-order valence-electron chi connectivity index (χ1n) is 9.59. The van der Waals surface area contributed by atoms with E-state index < -0.39 is 5.92 Å². The van der Waals surface area contributed by atoms with Crippen molar-refractivity contribution in [2.75, 3.05) is 13.2 Å². The van der Waals surface area contributed by atoms with E-state index in [2.05, 4.69) is 5.32 Å². The molecular formula is C22H22ClNO4. The predicted octanol–water partition coefficient (Wildman–Crippen LogP) is 4.09. The van der Waals surface area contributed by atoms with Crippen molar-refractivity contribution in [2.24, 2.45) is 0 Å². The van der Waals surface area contributed by atoms with Gasteiger partial charge in [0.15, 0.2) is 0 Å². The fourth-order valence-electron chi connectivity index (χ4n) is 3.73. The summed E-state index contributed by atoms with van der Waals surface area (Å²) in [6.07, 6.45) is 3.12. The van der Waals surface area contributed by atoms with E-state index in [-0.39, 0.29) is 17.9 Å². The summed E-state index contributed by atoms with van der Waals surface area (Å²) in [6.45, 7) is 1.38. The van der Waals surface area contributed by atoms with Crippen molar-refractivity contribution in [3.05, 3.63) is 53.1 Å². The molecule has 0 aliphatic carbocycles. The summed E-state index contributed by atoms with van der Waals surface area (Å²) in [6, 6.07) is 13.4. The minimum absolute atomic E-state index is 0.180. The molecule has 4 rings (SSSR count). The Balaban J connectivity index is 1.51. The average molecular weight is 400 g/mol. The molecule has 0 spiro atoms. The zero-order valence-electron chi connectivity index (χ0n) is 15.4. The highest BCUT2D eigenvalue weighted by Crippen LogP contribution is 2.37. The van der Waals surface area contributed by atoms with Crippen molar-refractivity contribution < 1.29 is 19.1 Å². The minimum atomic E-state index is -0.404. The van der Waals surface area contributed by atoms with Gasteiger partial charge in [-0.2, -0.15) is 0 Å². The topological polar surface area (TPSA) is 64.6 Å². The molecule has 0 radical (unpaired) electrons. The van der Waals surface area contributed by atoms with Crippen LogP contribution in [-0.4, -0.2) is 31.1 Å². The Hall–Kier alpha value is -2.37. The molecule has 2 aromatic carbocycles. The molecule has 2 aliphatic heterocycles. The Morgan fingerprint density at radius 2 is 1.93 bits per heavy atom. The van der Waals surface area contributed by atoms with E-state index in [4.69, 9.17) is 21.1 Å². The van der Waals surface area contributed by atoms with Crippen molar-refractivity contribution in [2.45, 2.75) is 37.7 Å². The standard InChI is InChI=1S/C22H22ClNO4/c23-21-17(4-1-5-18(21)19-10-11-20(25)24-22(19)26)14-6-8-15(9-7-14)28-13-16-3-2-12-27-16/h1,4-9,16,19H,2-3,10-13H2,(H,24,25,26). The first-order chi connectivity index (χ1) is 13.6. The summed E-state index contributed by atoms with van der Waals surface area (Å²) in [5.74, 6) is -0.129. The van der Waals surface area contributed by atoms with Crippen LogP contribution in [0.5, 0.6) is 5.75 Å². The lowest BCUT2D eigenvalue weighted by atomic mass is 9.88. The molecule has 0 aromatic heterocycles. The number of imide groups is 1. The number of amides is 2. The summed E-state index contributed by atoms with van der Waals surface area (Å²) < 4.78 is 11.4. The molecule has 28 heavy (non-hydrogen) atoms. The van der Waals surface area contributed by atoms with Gasteiger partial charge in [-0.25, -0.2) is 0 Å². The van der Waals surface area contributed by atoms with E-state index in [1.165, 1.54) is 0 Å². The molecule has 1 N–H and O–H groups in total. The van der Waals surface area contributed by atoms with Crippen molar-refractivity contribution in [3.63, 3.8) is 0 Å². The maximum atomic E-state index is 12.2. The third-order valence-corrected chi connectivity index (χ3v) is 5.69. The first kappa shape index (κ1) is 19.0. The van der Waals surface area contributed by atoms with Crippen LogP contribution in [0.25, 0.3) is 11.1 Å². The Bertz CT molecular complexity index is 875.